The van der Waals surface area contributed by atoms with Crippen LogP contribution in [0.3, 0.4) is 0 Å². The van der Waals surface area contributed by atoms with Gasteiger partial charge in [-0.15, -0.1) is 0 Å². The fraction of sp³-hybridized carbons (Fsp3) is 0.462. The van der Waals surface area contributed by atoms with Crippen LogP contribution in [0.5, 0.6) is 0 Å². The van der Waals surface area contributed by atoms with Crippen LogP contribution in [0.2, 0.25) is 5.02 Å². The fourth-order valence-electron chi connectivity index (χ4n) is 2.06. The first-order valence-corrected chi connectivity index (χ1v) is 6.57. The van der Waals surface area contributed by atoms with E-state index in [1.54, 1.807) is 13.0 Å². The summed E-state index contributed by atoms with van der Waals surface area (Å²) in [7, 11) is 0. The SMILES string of the molecule is CCOC(=O)Nc1cc(N2CCCC2)ccc1Cl. The Labute approximate surface area is 112 Å². The number of nitrogens with zero attached hydrogens (tertiary/aromatic N) is 1. The van der Waals surface area contributed by atoms with E-state index in [9.17, 15) is 4.79 Å². The van der Waals surface area contributed by atoms with Gasteiger partial charge in [-0.2, -0.15) is 0 Å². The van der Waals surface area contributed by atoms with Gasteiger partial charge in [0.1, 0.15) is 0 Å². The highest BCUT2D eigenvalue weighted by molar-refractivity contribution is 6.33. The highest BCUT2D eigenvalue weighted by Crippen LogP contribution is 2.29. The van der Waals surface area contributed by atoms with E-state index in [-0.39, 0.29) is 0 Å². The summed E-state index contributed by atoms with van der Waals surface area (Å²) in [6.07, 6.45) is 1.95. The van der Waals surface area contributed by atoms with Gasteiger partial charge in [0.05, 0.1) is 17.3 Å². The van der Waals surface area contributed by atoms with Gasteiger partial charge in [-0.05, 0) is 38.0 Å². The Morgan fingerprint density at radius 2 is 2.17 bits per heavy atom. The first-order valence-electron chi connectivity index (χ1n) is 6.19. The smallest absolute Gasteiger partial charge is 0.411 e. The molecule has 1 amide bonds. The predicted octanol–water partition coefficient (Wildman–Crippen LogP) is 3.51. The second-order valence-corrected chi connectivity index (χ2v) is 4.61. The van der Waals surface area contributed by atoms with Crippen molar-refractivity contribution in [3.8, 4) is 0 Å². The van der Waals surface area contributed by atoms with Crippen molar-refractivity contribution in [1.29, 1.82) is 0 Å². The zero-order valence-electron chi connectivity index (χ0n) is 10.4. The molecule has 1 heterocycles. The van der Waals surface area contributed by atoms with Crippen LogP contribution in [0.1, 0.15) is 19.8 Å². The quantitative estimate of drug-likeness (QED) is 0.912. The molecule has 0 unspecified atom stereocenters. The molecule has 0 bridgehead atoms. The van der Waals surface area contributed by atoms with Gasteiger partial charge < -0.3 is 9.64 Å². The molecule has 0 aromatic heterocycles. The summed E-state index contributed by atoms with van der Waals surface area (Å²) in [5, 5.41) is 3.17. The van der Waals surface area contributed by atoms with E-state index in [2.05, 4.69) is 10.2 Å². The van der Waals surface area contributed by atoms with E-state index in [1.165, 1.54) is 12.8 Å². The highest BCUT2D eigenvalue weighted by Gasteiger charge is 2.14. The minimum Gasteiger partial charge on any atom is -0.450 e. The van der Waals surface area contributed by atoms with Gasteiger partial charge in [0.15, 0.2) is 0 Å². The van der Waals surface area contributed by atoms with Crippen LogP contribution in [-0.2, 0) is 4.74 Å². The lowest BCUT2D eigenvalue weighted by Gasteiger charge is -2.19. The number of carbonyl (C=O) groups is 1. The van der Waals surface area contributed by atoms with Crippen LogP contribution in [-0.4, -0.2) is 25.8 Å². The number of hydrogen-bond acceptors (Lipinski definition) is 3. The summed E-state index contributed by atoms with van der Waals surface area (Å²) in [5.74, 6) is 0. The third-order valence-corrected chi connectivity index (χ3v) is 3.26. The molecule has 1 aliphatic rings. The van der Waals surface area contributed by atoms with Gasteiger partial charge in [0, 0.05) is 18.8 Å². The molecule has 0 spiro atoms. The van der Waals surface area contributed by atoms with Gasteiger partial charge in [-0.25, -0.2) is 4.79 Å². The van der Waals surface area contributed by atoms with E-state index < -0.39 is 6.09 Å². The largest absolute Gasteiger partial charge is 0.450 e. The summed E-state index contributed by atoms with van der Waals surface area (Å²) in [4.78, 5) is 13.7. The minimum absolute atomic E-state index is 0.343. The van der Waals surface area contributed by atoms with Crippen molar-refractivity contribution in [2.45, 2.75) is 19.8 Å². The first kappa shape index (κ1) is 13.0. The number of ether oxygens (including phenoxy) is 1. The molecule has 2 rings (SSSR count). The number of anilines is 2. The maximum absolute atomic E-state index is 11.4. The van der Waals surface area contributed by atoms with Crippen molar-refractivity contribution in [3.05, 3.63) is 23.2 Å². The van der Waals surface area contributed by atoms with Gasteiger partial charge in [-0.3, -0.25) is 5.32 Å². The summed E-state index contributed by atoms with van der Waals surface area (Å²) >= 11 is 6.06. The summed E-state index contributed by atoms with van der Waals surface area (Å²) < 4.78 is 4.84. The van der Waals surface area contributed by atoms with Crippen molar-refractivity contribution >= 4 is 29.1 Å². The summed E-state index contributed by atoms with van der Waals surface area (Å²) in [6.45, 7) is 4.22. The molecule has 1 aromatic rings. The number of halogens is 1. The molecule has 1 aromatic carbocycles. The number of nitrogens with one attached hydrogen (secondary N) is 1. The van der Waals surface area contributed by atoms with Crippen molar-refractivity contribution in [2.75, 3.05) is 29.9 Å². The Hall–Kier alpha value is -1.42. The zero-order valence-corrected chi connectivity index (χ0v) is 11.2. The van der Waals surface area contributed by atoms with E-state index in [1.807, 2.05) is 12.1 Å². The Balaban J connectivity index is 2.13. The molecule has 1 fully saturated rings. The Morgan fingerprint density at radius 1 is 1.44 bits per heavy atom. The predicted molar refractivity (Wildman–Crippen MR) is 73.5 cm³/mol. The average molecular weight is 269 g/mol. The molecule has 1 saturated heterocycles. The van der Waals surface area contributed by atoms with E-state index in [0.717, 1.165) is 18.8 Å². The normalized spacial score (nSPS) is 14.7. The fourth-order valence-corrected chi connectivity index (χ4v) is 2.22. The van der Waals surface area contributed by atoms with Crippen LogP contribution in [0.15, 0.2) is 18.2 Å². The molecule has 0 aliphatic carbocycles. The number of carbonyl (C=O) groups excluding carboxylic acids is 1. The van der Waals surface area contributed by atoms with Gasteiger partial charge in [-0.1, -0.05) is 11.6 Å². The lowest BCUT2D eigenvalue weighted by molar-refractivity contribution is 0.168. The molecule has 5 heteroatoms. The Bertz CT molecular complexity index is 431. The second kappa shape index (κ2) is 5.96. The van der Waals surface area contributed by atoms with Crippen LogP contribution in [0.25, 0.3) is 0 Å². The molecule has 1 N–H and O–H groups in total. The van der Waals surface area contributed by atoms with Crippen molar-refractivity contribution in [3.63, 3.8) is 0 Å². The van der Waals surface area contributed by atoms with Crippen LogP contribution >= 0.6 is 11.6 Å². The van der Waals surface area contributed by atoms with Gasteiger partial charge >= 0.3 is 6.09 Å². The lowest BCUT2D eigenvalue weighted by Crippen LogP contribution is -2.18. The molecular weight excluding hydrogens is 252 g/mol. The van der Waals surface area contributed by atoms with Crippen molar-refractivity contribution < 1.29 is 9.53 Å². The van der Waals surface area contributed by atoms with Gasteiger partial charge in [0.25, 0.3) is 0 Å². The molecule has 98 valence electrons. The molecule has 1 aliphatic heterocycles. The van der Waals surface area contributed by atoms with Crippen molar-refractivity contribution in [1.82, 2.24) is 0 Å². The average Bonchev–Trinajstić information content (AvgIpc) is 2.86. The molecular formula is C13H17ClN2O2. The maximum atomic E-state index is 11.4. The molecule has 18 heavy (non-hydrogen) atoms. The first-order chi connectivity index (χ1) is 8.70. The van der Waals surface area contributed by atoms with Crippen molar-refractivity contribution in [2.24, 2.45) is 0 Å². The van der Waals surface area contributed by atoms with E-state index in [0.29, 0.717) is 17.3 Å². The van der Waals surface area contributed by atoms with Crippen LogP contribution in [0, 0.1) is 0 Å². The number of amides is 1. The summed E-state index contributed by atoms with van der Waals surface area (Å²) in [5.41, 5.74) is 1.68. The third-order valence-electron chi connectivity index (χ3n) is 2.93. The zero-order chi connectivity index (χ0) is 13.0. The molecule has 0 saturated carbocycles. The highest BCUT2D eigenvalue weighted by atomic mass is 35.5. The number of rotatable bonds is 3. The monoisotopic (exact) mass is 268 g/mol. The number of benzene rings is 1. The van der Waals surface area contributed by atoms with Crippen LogP contribution in [0.4, 0.5) is 16.2 Å². The molecule has 4 nitrogen and oxygen atoms in total. The molecule has 0 atom stereocenters. The Kier molecular flexibility index (Phi) is 4.31. The lowest BCUT2D eigenvalue weighted by atomic mass is 10.2. The number of hydrogen-bond donors (Lipinski definition) is 1. The van der Waals surface area contributed by atoms with E-state index >= 15 is 0 Å². The third kappa shape index (κ3) is 3.07. The molecule has 0 radical (unpaired) electrons. The minimum atomic E-state index is -0.474. The van der Waals surface area contributed by atoms with E-state index in [4.69, 9.17) is 16.3 Å². The standard InChI is InChI=1S/C13H17ClN2O2/c1-2-18-13(17)15-12-9-10(5-6-11(12)14)16-7-3-4-8-16/h5-6,9H,2-4,7-8H2,1H3,(H,15,17). The van der Waals surface area contributed by atoms with Gasteiger partial charge in [0.2, 0.25) is 0 Å². The summed E-state index contributed by atoms with van der Waals surface area (Å²) in [6, 6.07) is 5.67. The topological polar surface area (TPSA) is 41.6 Å². The maximum Gasteiger partial charge on any atom is 0.411 e. The second-order valence-electron chi connectivity index (χ2n) is 4.20. The van der Waals surface area contributed by atoms with Crippen LogP contribution < -0.4 is 10.2 Å². The Morgan fingerprint density at radius 3 is 2.83 bits per heavy atom.